The Kier molecular flexibility index (Phi) is 9.43. The molecule has 1 aromatic rings. The standard InChI is InChI=1S/C17H29N5O/c1-4-19-17(20-11-6-5-8-14(2)3)21-13-16(23)22-15-9-7-10-18-12-15/h7,9-10,12,14H,4-6,8,11,13H2,1-3H3,(H,22,23)(H2,19,20,21). The van der Waals surface area contributed by atoms with Gasteiger partial charge in [0.2, 0.25) is 5.91 Å². The van der Waals surface area contributed by atoms with E-state index in [0.717, 1.165) is 25.4 Å². The van der Waals surface area contributed by atoms with E-state index < -0.39 is 0 Å². The molecule has 6 heteroatoms. The number of guanidine groups is 1. The van der Waals surface area contributed by atoms with E-state index in [1.54, 1.807) is 24.5 Å². The Hall–Kier alpha value is -2.11. The van der Waals surface area contributed by atoms with Crippen molar-refractivity contribution >= 4 is 17.6 Å². The maximum Gasteiger partial charge on any atom is 0.246 e. The SMILES string of the molecule is CCNC(=NCC(=O)Nc1cccnc1)NCCCCC(C)C. The number of hydrogen-bond donors (Lipinski definition) is 3. The van der Waals surface area contributed by atoms with Crippen molar-refractivity contribution in [3.63, 3.8) is 0 Å². The Morgan fingerprint density at radius 1 is 1.30 bits per heavy atom. The zero-order valence-electron chi connectivity index (χ0n) is 14.4. The summed E-state index contributed by atoms with van der Waals surface area (Å²) in [4.78, 5) is 20.1. The number of carbonyl (C=O) groups excluding carboxylic acids is 1. The van der Waals surface area contributed by atoms with Crippen LogP contribution in [0.15, 0.2) is 29.5 Å². The van der Waals surface area contributed by atoms with E-state index in [1.807, 2.05) is 6.92 Å². The minimum atomic E-state index is -0.157. The van der Waals surface area contributed by atoms with Crippen molar-refractivity contribution in [2.45, 2.75) is 40.0 Å². The van der Waals surface area contributed by atoms with Crippen LogP contribution in [0.5, 0.6) is 0 Å². The number of nitrogens with zero attached hydrogens (tertiary/aromatic N) is 2. The molecule has 0 aromatic carbocycles. The number of nitrogens with one attached hydrogen (secondary N) is 3. The first-order valence-corrected chi connectivity index (χ1v) is 8.34. The van der Waals surface area contributed by atoms with Crippen LogP contribution in [0.4, 0.5) is 5.69 Å². The van der Waals surface area contributed by atoms with Crippen LogP contribution in [0.25, 0.3) is 0 Å². The summed E-state index contributed by atoms with van der Waals surface area (Å²) < 4.78 is 0. The normalized spacial score (nSPS) is 11.4. The van der Waals surface area contributed by atoms with Gasteiger partial charge in [0.05, 0.1) is 11.9 Å². The van der Waals surface area contributed by atoms with Crippen molar-refractivity contribution in [2.75, 3.05) is 25.0 Å². The predicted octanol–water partition coefficient (Wildman–Crippen LogP) is 2.40. The molecule has 0 radical (unpaired) electrons. The van der Waals surface area contributed by atoms with Crippen LogP contribution >= 0.6 is 0 Å². The van der Waals surface area contributed by atoms with Gasteiger partial charge in [-0.2, -0.15) is 0 Å². The fourth-order valence-corrected chi connectivity index (χ4v) is 2.01. The summed E-state index contributed by atoms with van der Waals surface area (Å²) in [5.74, 6) is 1.27. The molecule has 0 saturated heterocycles. The zero-order chi connectivity index (χ0) is 16.9. The number of unbranched alkanes of at least 4 members (excludes halogenated alkanes) is 1. The summed E-state index contributed by atoms with van der Waals surface area (Å²) in [5, 5.41) is 9.17. The summed E-state index contributed by atoms with van der Waals surface area (Å²) in [6.07, 6.45) is 6.82. The summed E-state index contributed by atoms with van der Waals surface area (Å²) in [6, 6.07) is 3.58. The average Bonchev–Trinajstić information content (AvgIpc) is 2.53. The van der Waals surface area contributed by atoms with Gasteiger partial charge in [0.15, 0.2) is 5.96 Å². The molecule has 0 fully saturated rings. The lowest BCUT2D eigenvalue weighted by Crippen LogP contribution is -2.38. The largest absolute Gasteiger partial charge is 0.357 e. The monoisotopic (exact) mass is 319 g/mol. The van der Waals surface area contributed by atoms with E-state index in [4.69, 9.17) is 0 Å². The molecule has 3 N–H and O–H groups in total. The van der Waals surface area contributed by atoms with Gasteiger partial charge in [-0.05, 0) is 31.4 Å². The van der Waals surface area contributed by atoms with Crippen LogP contribution in [0.2, 0.25) is 0 Å². The quantitative estimate of drug-likeness (QED) is 0.371. The van der Waals surface area contributed by atoms with Gasteiger partial charge in [-0.25, -0.2) is 4.99 Å². The van der Waals surface area contributed by atoms with Gasteiger partial charge in [-0.3, -0.25) is 9.78 Å². The molecule has 0 aliphatic carbocycles. The molecular formula is C17H29N5O. The third-order valence-electron chi connectivity index (χ3n) is 3.17. The smallest absolute Gasteiger partial charge is 0.246 e. The Bertz CT molecular complexity index is 473. The topological polar surface area (TPSA) is 78.4 Å². The van der Waals surface area contributed by atoms with Crippen LogP contribution < -0.4 is 16.0 Å². The minimum Gasteiger partial charge on any atom is -0.357 e. The van der Waals surface area contributed by atoms with Crippen molar-refractivity contribution in [3.05, 3.63) is 24.5 Å². The predicted molar refractivity (Wildman–Crippen MR) is 95.5 cm³/mol. The van der Waals surface area contributed by atoms with Crippen LogP contribution in [-0.2, 0) is 4.79 Å². The van der Waals surface area contributed by atoms with Crippen LogP contribution in [-0.4, -0.2) is 36.5 Å². The van der Waals surface area contributed by atoms with Crippen molar-refractivity contribution in [1.29, 1.82) is 0 Å². The molecule has 1 heterocycles. The molecule has 0 aliphatic heterocycles. The van der Waals surface area contributed by atoms with Gasteiger partial charge < -0.3 is 16.0 Å². The number of hydrogen-bond acceptors (Lipinski definition) is 3. The van der Waals surface area contributed by atoms with E-state index >= 15 is 0 Å². The number of rotatable bonds is 9. The number of aromatic nitrogens is 1. The summed E-state index contributed by atoms with van der Waals surface area (Å²) >= 11 is 0. The zero-order valence-corrected chi connectivity index (χ0v) is 14.4. The second-order valence-corrected chi connectivity index (χ2v) is 5.80. The highest BCUT2D eigenvalue weighted by Gasteiger charge is 2.03. The minimum absolute atomic E-state index is 0.0796. The third-order valence-corrected chi connectivity index (χ3v) is 3.17. The maximum absolute atomic E-state index is 11.9. The highest BCUT2D eigenvalue weighted by atomic mass is 16.1. The fraction of sp³-hybridized carbons (Fsp3) is 0.588. The molecule has 23 heavy (non-hydrogen) atoms. The lowest BCUT2D eigenvalue weighted by atomic mass is 10.1. The molecule has 0 atom stereocenters. The Morgan fingerprint density at radius 3 is 2.78 bits per heavy atom. The second-order valence-electron chi connectivity index (χ2n) is 5.80. The molecule has 0 saturated carbocycles. The molecule has 1 rings (SSSR count). The Balaban J connectivity index is 2.34. The molecule has 0 unspecified atom stereocenters. The number of anilines is 1. The average molecular weight is 319 g/mol. The first kappa shape index (κ1) is 18.9. The first-order valence-electron chi connectivity index (χ1n) is 8.34. The molecule has 128 valence electrons. The highest BCUT2D eigenvalue weighted by molar-refractivity contribution is 5.93. The van der Waals surface area contributed by atoms with Gasteiger partial charge in [-0.15, -0.1) is 0 Å². The number of pyridine rings is 1. The van der Waals surface area contributed by atoms with Gasteiger partial charge in [-0.1, -0.05) is 26.7 Å². The van der Waals surface area contributed by atoms with E-state index in [0.29, 0.717) is 11.6 Å². The number of amides is 1. The molecule has 1 amide bonds. The van der Waals surface area contributed by atoms with Gasteiger partial charge in [0.1, 0.15) is 6.54 Å². The van der Waals surface area contributed by atoms with Gasteiger partial charge in [0.25, 0.3) is 0 Å². The maximum atomic E-state index is 11.9. The molecule has 1 aromatic heterocycles. The molecule has 0 spiro atoms. The Morgan fingerprint density at radius 2 is 2.13 bits per heavy atom. The summed E-state index contributed by atoms with van der Waals surface area (Å²) in [7, 11) is 0. The second kappa shape index (κ2) is 11.5. The van der Waals surface area contributed by atoms with Gasteiger partial charge in [0, 0.05) is 19.3 Å². The third kappa shape index (κ3) is 9.50. The van der Waals surface area contributed by atoms with E-state index in [-0.39, 0.29) is 12.5 Å². The van der Waals surface area contributed by atoms with E-state index in [2.05, 4.69) is 39.8 Å². The fourth-order valence-electron chi connectivity index (χ4n) is 2.01. The van der Waals surface area contributed by atoms with Crippen molar-refractivity contribution in [1.82, 2.24) is 15.6 Å². The Labute approximate surface area is 139 Å². The first-order chi connectivity index (χ1) is 11.1. The molecule has 0 bridgehead atoms. The number of aliphatic imine (C=N–C) groups is 1. The van der Waals surface area contributed by atoms with Crippen LogP contribution in [0.1, 0.15) is 40.0 Å². The van der Waals surface area contributed by atoms with Crippen LogP contribution in [0, 0.1) is 5.92 Å². The van der Waals surface area contributed by atoms with Gasteiger partial charge >= 0.3 is 0 Å². The number of carbonyl (C=O) groups is 1. The molecule has 0 aliphatic rings. The van der Waals surface area contributed by atoms with Crippen LogP contribution in [0.3, 0.4) is 0 Å². The van der Waals surface area contributed by atoms with Crippen molar-refractivity contribution in [3.8, 4) is 0 Å². The summed E-state index contributed by atoms with van der Waals surface area (Å²) in [5.41, 5.74) is 0.680. The van der Waals surface area contributed by atoms with Crippen molar-refractivity contribution in [2.24, 2.45) is 10.9 Å². The lowest BCUT2D eigenvalue weighted by molar-refractivity contribution is -0.114. The van der Waals surface area contributed by atoms with E-state index in [9.17, 15) is 4.79 Å². The highest BCUT2D eigenvalue weighted by Crippen LogP contribution is 2.05. The summed E-state index contributed by atoms with van der Waals surface area (Å²) in [6.45, 7) is 8.19. The van der Waals surface area contributed by atoms with E-state index in [1.165, 1.54) is 12.8 Å². The van der Waals surface area contributed by atoms with Crippen molar-refractivity contribution < 1.29 is 4.79 Å². The molecule has 6 nitrogen and oxygen atoms in total. The molecular weight excluding hydrogens is 290 g/mol. The lowest BCUT2D eigenvalue weighted by Gasteiger charge is -2.11.